The molecule has 0 fully saturated rings. The minimum Gasteiger partial charge on any atom is -0.481 e. The van der Waals surface area contributed by atoms with Crippen molar-refractivity contribution in [2.45, 2.75) is 6.92 Å². The van der Waals surface area contributed by atoms with Crippen molar-refractivity contribution in [1.29, 1.82) is 0 Å². The van der Waals surface area contributed by atoms with E-state index in [0.29, 0.717) is 11.6 Å². The maximum atomic E-state index is 11.0. The van der Waals surface area contributed by atoms with E-state index < -0.39 is 5.97 Å². The number of rotatable bonds is 3. The summed E-state index contributed by atoms with van der Waals surface area (Å²) in [5, 5.41) is 9.04. The molecular formula is C14H13NO3. The normalized spacial score (nSPS) is 10.1. The molecule has 0 unspecified atom stereocenters. The van der Waals surface area contributed by atoms with Crippen molar-refractivity contribution in [2.24, 2.45) is 0 Å². The second-order valence-electron chi connectivity index (χ2n) is 3.95. The summed E-state index contributed by atoms with van der Waals surface area (Å²) in [6.45, 7) is 1.99. The Balaban J connectivity index is 2.52. The van der Waals surface area contributed by atoms with Gasteiger partial charge in [-0.2, -0.15) is 0 Å². The Morgan fingerprint density at radius 1 is 1.22 bits per heavy atom. The van der Waals surface area contributed by atoms with Gasteiger partial charge in [0.25, 0.3) is 0 Å². The number of benzene rings is 1. The number of carboxylic acids is 1. The lowest BCUT2D eigenvalue weighted by atomic mass is 10.1. The average molecular weight is 243 g/mol. The van der Waals surface area contributed by atoms with Crippen LogP contribution in [0.3, 0.4) is 0 Å². The standard InChI is InChI=1S/C14H13NO3/c1-9-3-5-10(6-4-9)12-7-11(14(16)17)8-13(15-12)18-2/h3-8H,1-2H3,(H,16,17). The predicted molar refractivity (Wildman–Crippen MR) is 67.9 cm³/mol. The summed E-state index contributed by atoms with van der Waals surface area (Å²) in [6.07, 6.45) is 0. The molecule has 0 spiro atoms. The van der Waals surface area contributed by atoms with E-state index in [0.717, 1.165) is 11.1 Å². The minimum atomic E-state index is -0.996. The smallest absolute Gasteiger partial charge is 0.335 e. The molecule has 2 rings (SSSR count). The number of carboxylic acid groups (broad SMARTS) is 1. The number of methoxy groups -OCH3 is 1. The minimum absolute atomic E-state index is 0.164. The average Bonchev–Trinajstić information content (AvgIpc) is 2.39. The third-order valence-electron chi connectivity index (χ3n) is 2.61. The number of hydrogen-bond donors (Lipinski definition) is 1. The maximum absolute atomic E-state index is 11.0. The lowest BCUT2D eigenvalue weighted by molar-refractivity contribution is 0.0696. The molecule has 1 aromatic heterocycles. The Morgan fingerprint density at radius 3 is 2.44 bits per heavy atom. The van der Waals surface area contributed by atoms with Crippen molar-refractivity contribution in [3.8, 4) is 17.1 Å². The molecule has 0 bridgehead atoms. The quantitative estimate of drug-likeness (QED) is 0.900. The highest BCUT2D eigenvalue weighted by molar-refractivity contribution is 5.89. The SMILES string of the molecule is COc1cc(C(=O)O)cc(-c2ccc(C)cc2)n1. The molecule has 1 N–H and O–H groups in total. The van der Waals surface area contributed by atoms with Gasteiger partial charge in [-0.3, -0.25) is 0 Å². The molecule has 0 aliphatic carbocycles. The van der Waals surface area contributed by atoms with E-state index >= 15 is 0 Å². The maximum Gasteiger partial charge on any atom is 0.335 e. The molecule has 0 saturated carbocycles. The highest BCUT2D eigenvalue weighted by Crippen LogP contribution is 2.22. The fraction of sp³-hybridized carbons (Fsp3) is 0.143. The van der Waals surface area contributed by atoms with Gasteiger partial charge in [-0.1, -0.05) is 29.8 Å². The lowest BCUT2D eigenvalue weighted by Gasteiger charge is -2.06. The number of pyridine rings is 1. The van der Waals surface area contributed by atoms with Crippen LogP contribution in [-0.2, 0) is 0 Å². The molecule has 1 heterocycles. The molecule has 4 nitrogen and oxygen atoms in total. The van der Waals surface area contributed by atoms with Crippen LogP contribution in [0.2, 0.25) is 0 Å². The highest BCUT2D eigenvalue weighted by Gasteiger charge is 2.10. The van der Waals surface area contributed by atoms with E-state index in [1.54, 1.807) is 0 Å². The summed E-state index contributed by atoms with van der Waals surface area (Å²) in [6, 6.07) is 10.7. The first kappa shape index (κ1) is 12.1. The molecule has 92 valence electrons. The number of aromatic carboxylic acids is 1. The Kier molecular flexibility index (Phi) is 3.28. The number of aromatic nitrogens is 1. The predicted octanol–water partition coefficient (Wildman–Crippen LogP) is 2.76. The summed E-state index contributed by atoms with van der Waals surface area (Å²) in [4.78, 5) is 15.3. The molecule has 0 radical (unpaired) electrons. The molecule has 4 heteroatoms. The van der Waals surface area contributed by atoms with Crippen molar-refractivity contribution in [3.05, 3.63) is 47.5 Å². The van der Waals surface area contributed by atoms with Gasteiger partial charge in [0.1, 0.15) is 0 Å². The molecule has 0 aliphatic rings. The van der Waals surface area contributed by atoms with Gasteiger partial charge < -0.3 is 9.84 Å². The summed E-state index contributed by atoms with van der Waals surface area (Å²) in [5.74, 6) is -0.700. The molecule has 0 aliphatic heterocycles. The lowest BCUT2D eigenvalue weighted by Crippen LogP contribution is -2.00. The van der Waals surface area contributed by atoms with Crippen molar-refractivity contribution < 1.29 is 14.6 Å². The van der Waals surface area contributed by atoms with E-state index in [1.165, 1.54) is 19.2 Å². The molecule has 0 saturated heterocycles. The topological polar surface area (TPSA) is 59.4 Å². The zero-order valence-corrected chi connectivity index (χ0v) is 10.2. The van der Waals surface area contributed by atoms with E-state index in [4.69, 9.17) is 9.84 Å². The fourth-order valence-electron chi connectivity index (χ4n) is 1.61. The zero-order valence-electron chi connectivity index (χ0n) is 10.2. The van der Waals surface area contributed by atoms with E-state index in [-0.39, 0.29) is 5.56 Å². The van der Waals surface area contributed by atoms with Crippen LogP contribution in [0.25, 0.3) is 11.3 Å². The molecule has 2 aromatic rings. The van der Waals surface area contributed by atoms with Crippen molar-refractivity contribution in [3.63, 3.8) is 0 Å². The zero-order chi connectivity index (χ0) is 13.1. The number of nitrogens with zero attached hydrogens (tertiary/aromatic N) is 1. The number of carbonyl (C=O) groups is 1. The molecular weight excluding hydrogens is 230 g/mol. The van der Waals surface area contributed by atoms with Gasteiger partial charge in [0, 0.05) is 11.6 Å². The van der Waals surface area contributed by atoms with Crippen LogP contribution < -0.4 is 4.74 Å². The van der Waals surface area contributed by atoms with E-state index in [2.05, 4.69) is 4.98 Å². The first-order valence-electron chi connectivity index (χ1n) is 5.46. The summed E-state index contributed by atoms with van der Waals surface area (Å²) >= 11 is 0. The Hall–Kier alpha value is -2.36. The number of ether oxygens (including phenoxy) is 1. The molecule has 1 aromatic carbocycles. The molecule has 18 heavy (non-hydrogen) atoms. The van der Waals surface area contributed by atoms with Gasteiger partial charge >= 0.3 is 5.97 Å². The van der Waals surface area contributed by atoms with Crippen molar-refractivity contribution in [1.82, 2.24) is 4.98 Å². The van der Waals surface area contributed by atoms with Crippen LogP contribution in [0.1, 0.15) is 15.9 Å². The van der Waals surface area contributed by atoms with E-state index in [1.807, 2.05) is 31.2 Å². The van der Waals surface area contributed by atoms with Crippen molar-refractivity contribution >= 4 is 5.97 Å². The Morgan fingerprint density at radius 2 is 1.89 bits per heavy atom. The third kappa shape index (κ3) is 2.48. The second-order valence-corrected chi connectivity index (χ2v) is 3.95. The largest absolute Gasteiger partial charge is 0.481 e. The van der Waals surface area contributed by atoms with Crippen LogP contribution in [0.5, 0.6) is 5.88 Å². The third-order valence-corrected chi connectivity index (χ3v) is 2.61. The summed E-state index contributed by atoms with van der Waals surface area (Å²) < 4.78 is 5.02. The highest BCUT2D eigenvalue weighted by atomic mass is 16.5. The van der Waals surface area contributed by atoms with Gasteiger partial charge in [-0.15, -0.1) is 0 Å². The van der Waals surface area contributed by atoms with Gasteiger partial charge in [-0.05, 0) is 13.0 Å². The fourth-order valence-corrected chi connectivity index (χ4v) is 1.61. The van der Waals surface area contributed by atoms with Crippen LogP contribution in [0.4, 0.5) is 0 Å². The Labute approximate surface area is 105 Å². The van der Waals surface area contributed by atoms with Gasteiger partial charge in [0.2, 0.25) is 5.88 Å². The Bertz CT molecular complexity index is 576. The first-order valence-corrected chi connectivity index (χ1v) is 5.46. The van der Waals surface area contributed by atoms with Crippen LogP contribution >= 0.6 is 0 Å². The summed E-state index contributed by atoms with van der Waals surface area (Å²) in [5.41, 5.74) is 2.76. The van der Waals surface area contributed by atoms with Gasteiger partial charge in [-0.25, -0.2) is 9.78 Å². The van der Waals surface area contributed by atoms with Crippen LogP contribution in [0, 0.1) is 6.92 Å². The van der Waals surface area contributed by atoms with Crippen molar-refractivity contribution in [2.75, 3.05) is 7.11 Å². The molecule has 0 amide bonds. The second kappa shape index (κ2) is 4.87. The van der Waals surface area contributed by atoms with Crippen LogP contribution in [0.15, 0.2) is 36.4 Å². The summed E-state index contributed by atoms with van der Waals surface area (Å²) in [7, 11) is 1.47. The van der Waals surface area contributed by atoms with Crippen LogP contribution in [-0.4, -0.2) is 23.2 Å². The number of aryl methyl sites for hydroxylation is 1. The molecule has 0 atom stereocenters. The van der Waals surface area contributed by atoms with E-state index in [9.17, 15) is 4.79 Å². The number of hydrogen-bond acceptors (Lipinski definition) is 3. The monoisotopic (exact) mass is 243 g/mol. The van der Waals surface area contributed by atoms with Gasteiger partial charge in [0.05, 0.1) is 18.4 Å². The first-order chi connectivity index (χ1) is 8.60. The van der Waals surface area contributed by atoms with Gasteiger partial charge in [0.15, 0.2) is 0 Å².